The highest BCUT2D eigenvalue weighted by atomic mass is 79.9. The zero-order valence-electron chi connectivity index (χ0n) is 8.70. The van der Waals surface area contributed by atoms with E-state index in [4.69, 9.17) is 23.2 Å². The number of alkyl halides is 1. The third kappa shape index (κ3) is 2.98. The van der Waals surface area contributed by atoms with E-state index in [-0.39, 0.29) is 10.3 Å². The van der Waals surface area contributed by atoms with Gasteiger partial charge < -0.3 is 0 Å². The van der Waals surface area contributed by atoms with E-state index in [1.165, 1.54) is 10.4 Å². The van der Waals surface area contributed by atoms with Gasteiger partial charge in [-0.2, -0.15) is 4.31 Å². The number of thiophene rings is 1. The molecule has 0 N–H and O–H groups in total. The van der Waals surface area contributed by atoms with Crippen molar-refractivity contribution in [2.75, 3.05) is 12.4 Å². The Labute approximate surface area is 123 Å². The minimum Gasteiger partial charge on any atom is -0.206 e. The largest absolute Gasteiger partial charge is 0.252 e. The van der Waals surface area contributed by atoms with Gasteiger partial charge in [-0.05, 0) is 34.8 Å². The Hall–Kier alpha value is 0.670. The summed E-state index contributed by atoms with van der Waals surface area (Å²) >= 11 is 15.9. The van der Waals surface area contributed by atoms with E-state index in [1.807, 2.05) is 0 Å². The van der Waals surface area contributed by atoms with Gasteiger partial charge >= 0.3 is 0 Å². The van der Waals surface area contributed by atoms with Crippen LogP contribution >= 0.6 is 50.5 Å². The molecule has 1 aromatic rings. The van der Waals surface area contributed by atoms with Crippen molar-refractivity contribution >= 4 is 60.5 Å². The van der Waals surface area contributed by atoms with Crippen LogP contribution in [0.5, 0.6) is 0 Å². The Morgan fingerprint density at radius 1 is 1.53 bits per heavy atom. The summed E-state index contributed by atoms with van der Waals surface area (Å²) < 4.78 is 27.1. The van der Waals surface area contributed by atoms with E-state index in [0.717, 1.165) is 24.2 Å². The zero-order valence-corrected chi connectivity index (χ0v) is 13.4. The molecule has 1 fully saturated rings. The van der Waals surface area contributed by atoms with Crippen molar-refractivity contribution < 1.29 is 8.42 Å². The van der Waals surface area contributed by atoms with Crippen LogP contribution in [0, 0.1) is 0 Å². The fourth-order valence-electron chi connectivity index (χ4n) is 1.51. The van der Waals surface area contributed by atoms with Crippen molar-refractivity contribution in [1.82, 2.24) is 4.31 Å². The molecule has 0 radical (unpaired) electrons. The number of hydrogen-bond acceptors (Lipinski definition) is 3. The van der Waals surface area contributed by atoms with Crippen molar-refractivity contribution in [3.05, 3.63) is 14.9 Å². The second-order valence-corrected chi connectivity index (χ2v) is 9.00. The molecule has 1 saturated carbocycles. The first-order valence-electron chi connectivity index (χ1n) is 4.99. The monoisotopic (exact) mass is 377 g/mol. The number of nitrogens with zero attached hydrogens (tertiary/aromatic N) is 1. The van der Waals surface area contributed by atoms with E-state index >= 15 is 0 Å². The normalized spacial score (nSPS) is 16.7. The molecule has 1 aromatic heterocycles. The molecular weight excluding hydrogens is 369 g/mol. The van der Waals surface area contributed by atoms with Crippen LogP contribution in [0.15, 0.2) is 14.1 Å². The second kappa shape index (κ2) is 5.35. The highest BCUT2D eigenvalue weighted by Gasteiger charge is 2.38. The Morgan fingerprint density at radius 3 is 2.59 bits per heavy atom. The van der Waals surface area contributed by atoms with Gasteiger partial charge in [-0.1, -0.05) is 11.6 Å². The summed E-state index contributed by atoms with van der Waals surface area (Å²) in [6.07, 6.45) is 1.83. The van der Waals surface area contributed by atoms with Crippen molar-refractivity contribution in [3.63, 3.8) is 0 Å². The van der Waals surface area contributed by atoms with Crippen molar-refractivity contribution in [2.24, 2.45) is 0 Å². The lowest BCUT2D eigenvalue weighted by Gasteiger charge is -2.19. The Balaban J connectivity index is 2.33. The minimum atomic E-state index is -3.45. The smallest absolute Gasteiger partial charge is 0.206 e. The second-order valence-electron chi connectivity index (χ2n) is 3.72. The van der Waals surface area contributed by atoms with E-state index < -0.39 is 10.0 Å². The van der Waals surface area contributed by atoms with Crippen molar-refractivity contribution in [3.8, 4) is 0 Å². The number of sulfonamides is 1. The van der Waals surface area contributed by atoms with Gasteiger partial charge in [0.1, 0.15) is 4.21 Å². The fourth-order valence-corrected chi connectivity index (χ4v) is 6.01. The fraction of sp³-hybridized carbons (Fsp3) is 0.556. The van der Waals surface area contributed by atoms with Gasteiger partial charge in [-0.3, -0.25) is 0 Å². The maximum atomic E-state index is 12.4. The average molecular weight is 379 g/mol. The quantitative estimate of drug-likeness (QED) is 0.734. The van der Waals surface area contributed by atoms with Crippen LogP contribution in [0.3, 0.4) is 0 Å². The molecule has 0 unspecified atom stereocenters. The van der Waals surface area contributed by atoms with Crippen LogP contribution in [0.4, 0.5) is 0 Å². The van der Waals surface area contributed by atoms with E-state index in [9.17, 15) is 8.42 Å². The van der Waals surface area contributed by atoms with Gasteiger partial charge in [0.15, 0.2) is 0 Å². The highest BCUT2D eigenvalue weighted by molar-refractivity contribution is 9.11. The first kappa shape index (κ1) is 14.1. The predicted molar refractivity (Wildman–Crippen MR) is 74.7 cm³/mol. The molecule has 0 bridgehead atoms. The maximum Gasteiger partial charge on any atom is 0.252 e. The van der Waals surface area contributed by atoms with E-state index in [1.54, 1.807) is 0 Å². The first-order chi connectivity index (χ1) is 7.96. The standard InChI is InChI=1S/C9H10BrCl2NO2S2/c10-9-7(12)5-8(16-9)17(14,15)13(4-3-11)6-1-2-6/h5-6H,1-4H2. The van der Waals surface area contributed by atoms with Gasteiger partial charge in [0.05, 0.1) is 8.81 Å². The molecule has 8 heteroatoms. The van der Waals surface area contributed by atoms with Gasteiger partial charge in [-0.15, -0.1) is 22.9 Å². The minimum absolute atomic E-state index is 0.110. The molecule has 3 nitrogen and oxygen atoms in total. The van der Waals surface area contributed by atoms with Crippen molar-refractivity contribution in [2.45, 2.75) is 23.1 Å². The summed E-state index contributed by atoms with van der Waals surface area (Å²) in [6.45, 7) is 0.349. The average Bonchev–Trinajstić information content (AvgIpc) is 3.03. The number of halogens is 3. The van der Waals surface area contributed by atoms with Crippen LogP contribution in [-0.2, 0) is 10.0 Å². The molecule has 0 saturated heterocycles. The Bertz CT molecular complexity index is 494. The third-order valence-corrected chi connectivity index (χ3v) is 7.49. The number of rotatable bonds is 5. The molecule has 1 aliphatic rings. The van der Waals surface area contributed by atoms with Crippen LogP contribution in [0.25, 0.3) is 0 Å². The van der Waals surface area contributed by atoms with Gasteiger partial charge in [0, 0.05) is 18.5 Å². The van der Waals surface area contributed by atoms with Crippen LogP contribution in [0.2, 0.25) is 5.02 Å². The molecule has 2 rings (SSSR count). The first-order valence-corrected chi connectivity index (χ1v) is 8.95. The molecule has 0 atom stereocenters. The van der Waals surface area contributed by atoms with Gasteiger partial charge in [0.25, 0.3) is 10.0 Å². The Morgan fingerprint density at radius 2 is 2.18 bits per heavy atom. The molecule has 96 valence electrons. The molecule has 0 aromatic carbocycles. The van der Waals surface area contributed by atoms with E-state index in [0.29, 0.717) is 21.2 Å². The summed E-state index contributed by atoms with van der Waals surface area (Å²) in [5.74, 6) is 0.302. The lowest BCUT2D eigenvalue weighted by molar-refractivity contribution is 0.424. The summed E-state index contributed by atoms with van der Waals surface area (Å²) in [5.41, 5.74) is 0. The van der Waals surface area contributed by atoms with Crippen LogP contribution in [-0.4, -0.2) is 31.2 Å². The topological polar surface area (TPSA) is 37.4 Å². The van der Waals surface area contributed by atoms with Crippen LogP contribution in [0.1, 0.15) is 12.8 Å². The third-order valence-electron chi connectivity index (χ3n) is 2.44. The lowest BCUT2D eigenvalue weighted by Crippen LogP contribution is -2.34. The molecule has 1 heterocycles. The van der Waals surface area contributed by atoms with E-state index in [2.05, 4.69) is 15.9 Å². The van der Waals surface area contributed by atoms with Crippen LogP contribution < -0.4 is 0 Å². The molecular formula is C9H10BrCl2NO2S2. The summed E-state index contributed by atoms with van der Waals surface area (Å²) in [4.78, 5) is 0. The molecule has 17 heavy (non-hydrogen) atoms. The molecule has 0 amide bonds. The summed E-state index contributed by atoms with van der Waals surface area (Å²) in [5, 5.41) is 0.426. The lowest BCUT2D eigenvalue weighted by atomic mass is 10.6. The molecule has 1 aliphatic carbocycles. The predicted octanol–water partition coefficient (Wildman–Crippen LogP) is 3.56. The van der Waals surface area contributed by atoms with Gasteiger partial charge in [0.2, 0.25) is 0 Å². The molecule has 0 aliphatic heterocycles. The van der Waals surface area contributed by atoms with Gasteiger partial charge in [-0.25, -0.2) is 8.42 Å². The summed E-state index contributed by atoms with van der Waals surface area (Å²) in [7, 11) is -3.45. The number of hydrogen-bond donors (Lipinski definition) is 0. The SMILES string of the molecule is O=S(=O)(c1cc(Cl)c(Br)s1)N(CCCl)C1CC1. The molecule has 0 spiro atoms. The zero-order chi connectivity index (χ0) is 12.6. The maximum absolute atomic E-state index is 12.4. The summed E-state index contributed by atoms with van der Waals surface area (Å²) in [6, 6.07) is 1.59. The highest BCUT2D eigenvalue weighted by Crippen LogP contribution is 2.38. The Kier molecular flexibility index (Phi) is 4.43. The van der Waals surface area contributed by atoms with Crippen molar-refractivity contribution in [1.29, 1.82) is 0 Å².